The fourth-order valence-corrected chi connectivity index (χ4v) is 2.19. The normalized spacial score (nSPS) is 20.2. The highest BCUT2D eigenvalue weighted by Crippen LogP contribution is 2.39. The second-order valence-electron chi connectivity index (χ2n) is 3.82. The van der Waals surface area contributed by atoms with Crippen molar-refractivity contribution in [2.75, 3.05) is 6.61 Å². The van der Waals surface area contributed by atoms with Crippen LogP contribution in [-0.4, -0.2) is 12.7 Å². The molecule has 1 fully saturated rings. The molecule has 1 N–H and O–H groups in total. The molecule has 1 aromatic rings. The zero-order valence-electron chi connectivity index (χ0n) is 9.05. The van der Waals surface area contributed by atoms with Gasteiger partial charge >= 0.3 is 12.3 Å². The minimum Gasteiger partial charge on any atom is -0.449 e. The first-order chi connectivity index (χ1) is 8.39. The van der Waals surface area contributed by atoms with E-state index >= 15 is 0 Å². The first kappa shape index (κ1) is 13.0. The van der Waals surface area contributed by atoms with Gasteiger partial charge in [-0.05, 0) is 12.1 Å². The van der Waals surface area contributed by atoms with E-state index in [0.717, 1.165) is 6.07 Å². The molecule has 1 heterocycles. The van der Waals surface area contributed by atoms with Crippen molar-refractivity contribution in [2.45, 2.75) is 18.6 Å². The van der Waals surface area contributed by atoms with Crippen LogP contribution < -0.4 is 5.32 Å². The first-order valence-electron chi connectivity index (χ1n) is 5.18. The van der Waals surface area contributed by atoms with E-state index in [1.165, 1.54) is 12.1 Å². The van der Waals surface area contributed by atoms with E-state index in [1.807, 2.05) is 0 Å². The van der Waals surface area contributed by atoms with Crippen LogP contribution in [0, 0.1) is 0 Å². The van der Waals surface area contributed by atoms with Crippen molar-refractivity contribution in [1.82, 2.24) is 5.32 Å². The molecule has 0 bridgehead atoms. The monoisotopic (exact) mass is 279 g/mol. The third kappa shape index (κ3) is 2.53. The Morgan fingerprint density at radius 2 is 2.11 bits per heavy atom. The number of halogens is 4. The number of carbonyl (C=O) groups excluding carboxylic acids is 1. The van der Waals surface area contributed by atoms with Crippen LogP contribution in [0.5, 0.6) is 0 Å². The van der Waals surface area contributed by atoms with Crippen LogP contribution in [0.2, 0.25) is 5.02 Å². The summed E-state index contributed by atoms with van der Waals surface area (Å²) in [6.45, 7) is 0.0685. The third-order valence-corrected chi connectivity index (χ3v) is 2.97. The lowest BCUT2D eigenvalue weighted by molar-refractivity contribution is -0.138. The van der Waals surface area contributed by atoms with Crippen LogP contribution in [0.1, 0.15) is 23.6 Å². The number of cyclic esters (lactones) is 1. The molecule has 1 aliphatic rings. The molecule has 0 radical (unpaired) electrons. The molecule has 7 heteroatoms. The van der Waals surface area contributed by atoms with Gasteiger partial charge in [0.25, 0.3) is 0 Å². The highest BCUT2D eigenvalue weighted by atomic mass is 35.5. The summed E-state index contributed by atoms with van der Waals surface area (Å²) < 4.78 is 43.3. The molecule has 98 valence electrons. The number of rotatable bonds is 1. The highest BCUT2D eigenvalue weighted by Gasteiger charge is 2.37. The maximum Gasteiger partial charge on any atom is 0.416 e. The molecule has 1 amide bonds. The van der Waals surface area contributed by atoms with Gasteiger partial charge in [-0.25, -0.2) is 4.79 Å². The molecule has 1 saturated heterocycles. The highest BCUT2D eigenvalue weighted by molar-refractivity contribution is 6.31. The number of amides is 1. The minimum atomic E-state index is -4.51. The van der Waals surface area contributed by atoms with Gasteiger partial charge in [-0.2, -0.15) is 13.2 Å². The lowest BCUT2D eigenvalue weighted by atomic mass is 9.97. The molecule has 3 nitrogen and oxygen atoms in total. The molecule has 0 aliphatic carbocycles. The van der Waals surface area contributed by atoms with E-state index in [-0.39, 0.29) is 23.6 Å². The summed E-state index contributed by atoms with van der Waals surface area (Å²) in [5.41, 5.74) is -0.939. The number of carbonyl (C=O) groups is 1. The number of alkyl carbamates (subject to hydrolysis) is 1. The number of hydrogen-bond donors (Lipinski definition) is 1. The molecule has 18 heavy (non-hydrogen) atoms. The summed E-state index contributed by atoms with van der Waals surface area (Å²) in [5, 5.41) is 2.32. The van der Waals surface area contributed by atoms with Gasteiger partial charge in [-0.15, -0.1) is 0 Å². The van der Waals surface area contributed by atoms with Crippen LogP contribution in [0.3, 0.4) is 0 Å². The Morgan fingerprint density at radius 1 is 1.39 bits per heavy atom. The fraction of sp³-hybridized carbons (Fsp3) is 0.364. The Kier molecular flexibility index (Phi) is 3.38. The van der Waals surface area contributed by atoms with E-state index < -0.39 is 23.9 Å². The molecule has 2 rings (SSSR count). The van der Waals surface area contributed by atoms with E-state index in [2.05, 4.69) is 10.1 Å². The SMILES string of the molecule is O=C1N[C@@H](c2c(Cl)cccc2C(F)(F)F)CCO1. The second-order valence-corrected chi connectivity index (χ2v) is 4.23. The molecule has 0 aromatic heterocycles. The number of nitrogens with one attached hydrogen (secondary N) is 1. The standard InChI is InChI=1S/C11H9ClF3NO2/c12-7-3-1-2-6(11(13,14)15)9(7)8-4-5-18-10(17)16-8/h1-3,8H,4-5H2,(H,16,17)/t8-/m1/s1. The Labute approximate surface area is 106 Å². The van der Waals surface area contributed by atoms with Gasteiger partial charge in [-0.3, -0.25) is 0 Å². The maximum absolute atomic E-state index is 12.9. The van der Waals surface area contributed by atoms with Gasteiger partial charge in [0.05, 0.1) is 18.2 Å². The van der Waals surface area contributed by atoms with E-state index in [1.54, 1.807) is 0 Å². The van der Waals surface area contributed by atoms with Gasteiger partial charge in [-0.1, -0.05) is 17.7 Å². The molecule has 0 spiro atoms. The summed E-state index contributed by atoms with van der Waals surface area (Å²) >= 11 is 5.82. The Hall–Kier alpha value is -1.43. The second kappa shape index (κ2) is 4.68. The zero-order chi connectivity index (χ0) is 13.3. The topological polar surface area (TPSA) is 38.3 Å². The van der Waals surface area contributed by atoms with E-state index in [4.69, 9.17) is 11.6 Å². The molecular formula is C11H9ClF3NO2. The number of hydrogen-bond acceptors (Lipinski definition) is 2. The number of alkyl halides is 3. The average molecular weight is 280 g/mol. The fourth-order valence-electron chi connectivity index (χ4n) is 1.88. The van der Waals surface area contributed by atoms with Crippen LogP contribution in [-0.2, 0) is 10.9 Å². The maximum atomic E-state index is 12.9. The molecule has 1 atom stereocenters. The van der Waals surface area contributed by atoms with Gasteiger partial charge in [0.15, 0.2) is 0 Å². The Morgan fingerprint density at radius 3 is 2.72 bits per heavy atom. The predicted molar refractivity (Wildman–Crippen MR) is 58.3 cm³/mol. The van der Waals surface area contributed by atoms with Crippen molar-refractivity contribution in [2.24, 2.45) is 0 Å². The Bertz CT molecular complexity index is 476. The van der Waals surface area contributed by atoms with Crippen LogP contribution in [0.15, 0.2) is 18.2 Å². The number of ether oxygens (including phenoxy) is 1. The van der Waals surface area contributed by atoms with Crippen molar-refractivity contribution in [3.63, 3.8) is 0 Å². The lowest BCUT2D eigenvalue weighted by Gasteiger charge is -2.27. The quantitative estimate of drug-likeness (QED) is 0.854. The van der Waals surface area contributed by atoms with Crippen molar-refractivity contribution in [1.29, 1.82) is 0 Å². The Balaban J connectivity index is 2.45. The summed E-state index contributed by atoms with van der Waals surface area (Å²) in [4.78, 5) is 11.1. The zero-order valence-corrected chi connectivity index (χ0v) is 9.81. The average Bonchev–Trinajstić information content (AvgIpc) is 2.27. The summed E-state index contributed by atoms with van der Waals surface area (Å²) in [7, 11) is 0. The summed E-state index contributed by atoms with van der Waals surface area (Å²) in [6, 6.07) is 2.77. The largest absolute Gasteiger partial charge is 0.449 e. The summed E-state index contributed by atoms with van der Waals surface area (Å²) in [5.74, 6) is 0. The van der Waals surface area contributed by atoms with Crippen LogP contribution in [0.4, 0.5) is 18.0 Å². The van der Waals surface area contributed by atoms with Crippen molar-refractivity contribution in [3.8, 4) is 0 Å². The van der Waals surface area contributed by atoms with E-state index in [9.17, 15) is 18.0 Å². The smallest absolute Gasteiger partial charge is 0.416 e. The first-order valence-corrected chi connectivity index (χ1v) is 5.56. The minimum absolute atomic E-state index is 0.0166. The van der Waals surface area contributed by atoms with Gasteiger partial charge in [0.2, 0.25) is 0 Å². The van der Waals surface area contributed by atoms with Crippen LogP contribution >= 0.6 is 11.6 Å². The molecular weight excluding hydrogens is 271 g/mol. The molecule has 0 saturated carbocycles. The lowest BCUT2D eigenvalue weighted by Crippen LogP contribution is -2.36. The van der Waals surface area contributed by atoms with Gasteiger partial charge < -0.3 is 10.1 Å². The third-order valence-electron chi connectivity index (χ3n) is 2.64. The predicted octanol–water partition coefficient (Wildman–Crippen LogP) is 3.53. The van der Waals surface area contributed by atoms with Crippen LogP contribution in [0.25, 0.3) is 0 Å². The van der Waals surface area contributed by atoms with Crippen molar-refractivity contribution < 1.29 is 22.7 Å². The van der Waals surface area contributed by atoms with Crippen molar-refractivity contribution >= 4 is 17.7 Å². The molecule has 0 unspecified atom stereocenters. The summed E-state index contributed by atoms with van der Waals surface area (Å²) in [6.07, 6.45) is -5.00. The number of benzene rings is 1. The van der Waals surface area contributed by atoms with Gasteiger partial charge in [0, 0.05) is 17.0 Å². The molecule has 1 aliphatic heterocycles. The van der Waals surface area contributed by atoms with Crippen molar-refractivity contribution in [3.05, 3.63) is 34.3 Å². The van der Waals surface area contributed by atoms with E-state index in [0.29, 0.717) is 0 Å². The van der Waals surface area contributed by atoms with Gasteiger partial charge in [0.1, 0.15) is 0 Å². The molecule has 1 aromatic carbocycles.